The van der Waals surface area contributed by atoms with E-state index in [1.807, 2.05) is 30.3 Å². The van der Waals surface area contributed by atoms with Crippen LogP contribution in [0.15, 0.2) is 35.3 Å². The number of carbonyl (C=O) groups is 1. The smallest absolute Gasteiger partial charge is 0.272 e. The molecular weight excluding hydrogens is 424 g/mol. The summed E-state index contributed by atoms with van der Waals surface area (Å²) in [6, 6.07) is 10.2. The van der Waals surface area contributed by atoms with E-state index in [2.05, 4.69) is 61.3 Å². The van der Waals surface area contributed by atoms with E-state index in [0.29, 0.717) is 18.3 Å². The number of nitrogens with one attached hydrogen (secondary N) is 2. The number of hydrogen-bond donors (Lipinski definition) is 2. The van der Waals surface area contributed by atoms with Crippen LogP contribution in [0, 0.1) is 10.8 Å². The third-order valence-corrected chi connectivity index (χ3v) is 6.31. The molecule has 0 aliphatic carbocycles. The number of carbonyl (C=O) groups excluding carboxylic acids is 1. The number of amidine groups is 1. The number of hydrogen-bond acceptors (Lipinski definition) is 4. The minimum absolute atomic E-state index is 0.178. The van der Waals surface area contributed by atoms with E-state index in [1.54, 1.807) is 6.92 Å². The maximum atomic E-state index is 13.8. The van der Waals surface area contributed by atoms with Gasteiger partial charge >= 0.3 is 0 Å². The molecule has 184 valence electrons. The number of aromatic nitrogens is 2. The zero-order valence-electron chi connectivity index (χ0n) is 21.8. The fourth-order valence-corrected chi connectivity index (χ4v) is 4.55. The van der Waals surface area contributed by atoms with E-state index < -0.39 is 0 Å². The summed E-state index contributed by atoms with van der Waals surface area (Å²) < 4.78 is 2.21. The zero-order chi connectivity index (χ0) is 25.0. The Morgan fingerprint density at radius 3 is 2.44 bits per heavy atom. The predicted octanol–water partition coefficient (Wildman–Crippen LogP) is 5.16. The van der Waals surface area contributed by atoms with Crippen molar-refractivity contribution in [3.05, 3.63) is 41.7 Å². The molecule has 0 saturated heterocycles. The van der Waals surface area contributed by atoms with Crippen molar-refractivity contribution in [3.8, 4) is 11.4 Å². The van der Waals surface area contributed by atoms with Gasteiger partial charge in [0.25, 0.3) is 5.91 Å². The Bertz CT molecular complexity index is 1050. The van der Waals surface area contributed by atoms with Gasteiger partial charge in [-0.15, -0.1) is 0 Å². The maximum Gasteiger partial charge on any atom is 0.272 e. The Kier molecular flexibility index (Phi) is 8.08. The summed E-state index contributed by atoms with van der Waals surface area (Å²) in [6.45, 7) is 16.9. The van der Waals surface area contributed by atoms with Gasteiger partial charge in [0.2, 0.25) is 0 Å². The van der Waals surface area contributed by atoms with Crippen molar-refractivity contribution in [1.29, 1.82) is 5.41 Å². The third-order valence-electron chi connectivity index (χ3n) is 6.31. The number of aliphatic imine (C=N–C) groups is 1. The molecule has 0 fully saturated rings. The number of benzene rings is 1. The summed E-state index contributed by atoms with van der Waals surface area (Å²) in [4.78, 5) is 25.6. The van der Waals surface area contributed by atoms with E-state index >= 15 is 0 Å². The van der Waals surface area contributed by atoms with Crippen LogP contribution in [0.2, 0.25) is 0 Å². The van der Waals surface area contributed by atoms with E-state index in [1.165, 1.54) is 0 Å². The summed E-state index contributed by atoms with van der Waals surface area (Å²) in [5, 5.41) is 11.2. The summed E-state index contributed by atoms with van der Waals surface area (Å²) in [5.41, 5.74) is 3.05. The van der Waals surface area contributed by atoms with Crippen molar-refractivity contribution < 1.29 is 4.79 Å². The molecule has 1 unspecified atom stereocenters. The highest BCUT2D eigenvalue weighted by molar-refractivity contribution is 6.03. The minimum atomic E-state index is -0.289. The van der Waals surface area contributed by atoms with Gasteiger partial charge in [0.15, 0.2) is 5.69 Å². The Morgan fingerprint density at radius 1 is 1.21 bits per heavy atom. The SMILES string of the molecule is CCCC(=NC(C)=N)C(NC(=O)c1nc(-c2ccccc2)n2c1CN(C(C)C)CC2)C(C)(C)C. The van der Waals surface area contributed by atoms with Crippen LogP contribution >= 0.6 is 0 Å². The van der Waals surface area contributed by atoms with Gasteiger partial charge in [-0.2, -0.15) is 0 Å². The van der Waals surface area contributed by atoms with Gasteiger partial charge in [-0.3, -0.25) is 15.1 Å². The lowest BCUT2D eigenvalue weighted by molar-refractivity contribution is 0.0914. The van der Waals surface area contributed by atoms with Gasteiger partial charge in [0, 0.05) is 37.0 Å². The van der Waals surface area contributed by atoms with Crippen molar-refractivity contribution in [1.82, 2.24) is 19.8 Å². The Labute approximate surface area is 204 Å². The second kappa shape index (κ2) is 10.6. The van der Waals surface area contributed by atoms with Crippen LogP contribution in [0.4, 0.5) is 0 Å². The molecule has 1 aromatic carbocycles. The molecule has 34 heavy (non-hydrogen) atoms. The van der Waals surface area contributed by atoms with E-state index in [0.717, 1.165) is 48.7 Å². The molecule has 2 N–H and O–H groups in total. The molecule has 0 radical (unpaired) electrons. The molecule has 0 bridgehead atoms. The molecule has 1 atom stereocenters. The summed E-state index contributed by atoms with van der Waals surface area (Å²) in [7, 11) is 0. The Hall–Kier alpha value is -2.80. The molecule has 3 rings (SSSR count). The van der Waals surface area contributed by atoms with Gasteiger partial charge in [0.1, 0.15) is 11.7 Å². The first-order chi connectivity index (χ1) is 16.0. The van der Waals surface area contributed by atoms with E-state index in [9.17, 15) is 4.79 Å². The van der Waals surface area contributed by atoms with Crippen molar-refractivity contribution in [2.24, 2.45) is 10.4 Å². The van der Waals surface area contributed by atoms with Crippen LogP contribution in [0.1, 0.15) is 77.5 Å². The predicted molar refractivity (Wildman–Crippen MR) is 140 cm³/mol. The van der Waals surface area contributed by atoms with Crippen LogP contribution < -0.4 is 5.32 Å². The van der Waals surface area contributed by atoms with Gasteiger partial charge in [-0.25, -0.2) is 9.98 Å². The molecular formula is C27H40N6O. The molecule has 7 heteroatoms. The monoisotopic (exact) mass is 464 g/mol. The highest BCUT2D eigenvalue weighted by atomic mass is 16.2. The van der Waals surface area contributed by atoms with Crippen molar-refractivity contribution in [2.45, 2.75) is 86.5 Å². The van der Waals surface area contributed by atoms with Gasteiger partial charge in [0.05, 0.1) is 11.7 Å². The molecule has 1 aromatic heterocycles. The average molecular weight is 465 g/mol. The number of amides is 1. The molecule has 0 saturated carbocycles. The third kappa shape index (κ3) is 5.81. The molecule has 2 heterocycles. The number of imidazole rings is 1. The second-order valence-corrected chi connectivity index (χ2v) is 10.5. The maximum absolute atomic E-state index is 13.8. The van der Waals surface area contributed by atoms with Crippen molar-refractivity contribution >= 4 is 17.5 Å². The molecule has 2 aromatic rings. The van der Waals surface area contributed by atoms with Crippen LogP contribution in [0.5, 0.6) is 0 Å². The zero-order valence-corrected chi connectivity index (χ0v) is 21.8. The minimum Gasteiger partial charge on any atom is -0.342 e. The first kappa shape index (κ1) is 25.8. The largest absolute Gasteiger partial charge is 0.342 e. The van der Waals surface area contributed by atoms with E-state index in [-0.39, 0.29) is 23.2 Å². The lowest BCUT2D eigenvalue weighted by Crippen LogP contribution is -2.50. The quantitative estimate of drug-likeness (QED) is 0.438. The molecule has 0 spiro atoms. The fraction of sp³-hybridized carbons (Fsp3) is 0.556. The number of fused-ring (bicyclic) bond motifs is 1. The molecule has 1 amide bonds. The first-order valence-corrected chi connectivity index (χ1v) is 12.3. The van der Waals surface area contributed by atoms with Gasteiger partial charge in [-0.1, -0.05) is 64.4 Å². The van der Waals surface area contributed by atoms with Crippen LogP contribution in [0.25, 0.3) is 11.4 Å². The fourth-order valence-electron chi connectivity index (χ4n) is 4.55. The standard InChI is InChI=1S/C27H40N6O/c1-8-12-21(29-19(4)28)24(27(5,6)7)31-26(34)23-22-17-32(18(2)3)15-16-33(22)25(30-23)20-13-10-9-11-14-20/h9-11,13-14,18,24,28H,8,12,15-17H2,1-7H3,(H,31,34). The molecule has 1 aliphatic heterocycles. The first-order valence-electron chi connectivity index (χ1n) is 12.3. The molecule has 7 nitrogen and oxygen atoms in total. The van der Waals surface area contributed by atoms with Crippen LogP contribution in [-0.2, 0) is 13.1 Å². The summed E-state index contributed by atoms with van der Waals surface area (Å²) in [6.07, 6.45) is 1.63. The highest BCUT2D eigenvalue weighted by Crippen LogP contribution is 2.28. The van der Waals surface area contributed by atoms with Gasteiger partial charge < -0.3 is 9.88 Å². The van der Waals surface area contributed by atoms with Crippen LogP contribution in [-0.4, -0.2) is 50.5 Å². The van der Waals surface area contributed by atoms with Crippen molar-refractivity contribution in [2.75, 3.05) is 6.54 Å². The lowest BCUT2D eigenvalue weighted by Gasteiger charge is -2.34. The highest BCUT2D eigenvalue weighted by Gasteiger charge is 2.34. The molecule has 1 aliphatic rings. The summed E-state index contributed by atoms with van der Waals surface area (Å²) in [5.74, 6) is 0.919. The van der Waals surface area contributed by atoms with E-state index in [4.69, 9.17) is 10.4 Å². The number of nitrogens with zero attached hydrogens (tertiary/aromatic N) is 4. The topological polar surface area (TPSA) is 86.4 Å². The van der Waals surface area contributed by atoms with Crippen LogP contribution in [0.3, 0.4) is 0 Å². The number of rotatable bonds is 7. The summed E-state index contributed by atoms with van der Waals surface area (Å²) >= 11 is 0. The van der Waals surface area contributed by atoms with Gasteiger partial charge in [-0.05, 0) is 32.6 Å². The Morgan fingerprint density at radius 2 is 1.88 bits per heavy atom. The second-order valence-electron chi connectivity index (χ2n) is 10.5. The normalized spacial score (nSPS) is 15.8. The lowest BCUT2D eigenvalue weighted by atomic mass is 9.82. The average Bonchev–Trinajstić information content (AvgIpc) is 3.15. The Balaban J connectivity index is 2.04. The van der Waals surface area contributed by atoms with Crippen molar-refractivity contribution in [3.63, 3.8) is 0 Å².